The lowest BCUT2D eigenvalue weighted by molar-refractivity contribution is 0.384. The molecule has 0 aliphatic rings. The van der Waals surface area contributed by atoms with Gasteiger partial charge in [0, 0.05) is 6.92 Å². The van der Waals surface area contributed by atoms with Crippen molar-refractivity contribution in [2.24, 2.45) is 0 Å². The number of nitrogens with one attached hydrogen (secondary N) is 1. The lowest BCUT2D eigenvalue weighted by atomic mass is 10.4. The summed E-state index contributed by atoms with van der Waals surface area (Å²) < 4.78 is 10.5. The molecule has 2 aromatic heterocycles. The maximum Gasteiger partial charge on any atom is 0.223 e. The summed E-state index contributed by atoms with van der Waals surface area (Å²) in [5, 5.41) is 7.00. The Morgan fingerprint density at radius 3 is 2.82 bits per heavy atom. The molecule has 2 aromatic rings. The molecule has 6 heteroatoms. The van der Waals surface area contributed by atoms with Crippen molar-refractivity contribution in [3.8, 4) is 0 Å². The molecule has 0 unspecified atom stereocenters. The standard InChI is InChI=1S/C11H15N3O2S/c1-8-13-11(14-16-8)6-12-5-9-3-4-10(15-9)7-17-2/h3-4,12H,5-7H2,1-2H3. The highest BCUT2D eigenvalue weighted by Crippen LogP contribution is 2.13. The maximum absolute atomic E-state index is 5.62. The van der Waals surface area contributed by atoms with Crippen LogP contribution in [0.15, 0.2) is 21.1 Å². The lowest BCUT2D eigenvalue weighted by Crippen LogP contribution is -2.13. The van der Waals surface area contributed by atoms with Crippen molar-refractivity contribution in [2.75, 3.05) is 6.26 Å². The van der Waals surface area contributed by atoms with E-state index in [0.29, 0.717) is 24.8 Å². The Bertz CT molecular complexity index is 467. The quantitative estimate of drug-likeness (QED) is 0.850. The van der Waals surface area contributed by atoms with Crippen molar-refractivity contribution in [2.45, 2.75) is 25.8 Å². The average molecular weight is 253 g/mol. The molecule has 0 aromatic carbocycles. The van der Waals surface area contributed by atoms with Gasteiger partial charge in [-0.2, -0.15) is 16.7 Å². The summed E-state index contributed by atoms with van der Waals surface area (Å²) in [5.41, 5.74) is 0. The van der Waals surface area contributed by atoms with E-state index >= 15 is 0 Å². The van der Waals surface area contributed by atoms with E-state index in [1.165, 1.54) is 0 Å². The van der Waals surface area contributed by atoms with Crippen LogP contribution in [0, 0.1) is 6.92 Å². The number of nitrogens with zero attached hydrogens (tertiary/aromatic N) is 2. The van der Waals surface area contributed by atoms with Gasteiger partial charge in [-0.25, -0.2) is 0 Å². The molecule has 0 bridgehead atoms. The van der Waals surface area contributed by atoms with Gasteiger partial charge in [-0.3, -0.25) is 0 Å². The van der Waals surface area contributed by atoms with Crippen molar-refractivity contribution >= 4 is 11.8 Å². The smallest absolute Gasteiger partial charge is 0.223 e. The fourth-order valence-electron chi connectivity index (χ4n) is 1.45. The van der Waals surface area contributed by atoms with Crippen LogP contribution in [0.3, 0.4) is 0 Å². The van der Waals surface area contributed by atoms with E-state index in [0.717, 1.165) is 17.3 Å². The molecule has 17 heavy (non-hydrogen) atoms. The Hall–Kier alpha value is -1.27. The number of furan rings is 1. The summed E-state index contributed by atoms with van der Waals surface area (Å²) >= 11 is 1.74. The summed E-state index contributed by atoms with van der Waals surface area (Å²) in [6.07, 6.45) is 2.05. The minimum absolute atomic E-state index is 0.579. The van der Waals surface area contributed by atoms with E-state index in [9.17, 15) is 0 Å². The monoisotopic (exact) mass is 253 g/mol. The Labute approximate surface area is 104 Å². The third kappa shape index (κ3) is 3.61. The topological polar surface area (TPSA) is 64.1 Å². The zero-order valence-electron chi connectivity index (χ0n) is 9.90. The van der Waals surface area contributed by atoms with Gasteiger partial charge in [0.25, 0.3) is 0 Å². The van der Waals surface area contributed by atoms with Gasteiger partial charge in [0.1, 0.15) is 11.5 Å². The molecule has 0 radical (unpaired) electrons. The van der Waals surface area contributed by atoms with E-state index < -0.39 is 0 Å². The fraction of sp³-hybridized carbons (Fsp3) is 0.455. The number of rotatable bonds is 6. The Kier molecular flexibility index (Phi) is 4.22. The highest BCUT2D eigenvalue weighted by atomic mass is 32.2. The zero-order chi connectivity index (χ0) is 12.1. The largest absolute Gasteiger partial charge is 0.464 e. The Morgan fingerprint density at radius 1 is 1.29 bits per heavy atom. The zero-order valence-corrected chi connectivity index (χ0v) is 10.7. The normalized spacial score (nSPS) is 10.9. The van der Waals surface area contributed by atoms with Crippen molar-refractivity contribution in [1.82, 2.24) is 15.5 Å². The van der Waals surface area contributed by atoms with E-state index in [4.69, 9.17) is 8.94 Å². The predicted molar refractivity (Wildman–Crippen MR) is 65.5 cm³/mol. The molecule has 5 nitrogen and oxygen atoms in total. The second-order valence-corrected chi connectivity index (χ2v) is 4.50. The van der Waals surface area contributed by atoms with Crippen LogP contribution in [-0.4, -0.2) is 16.4 Å². The first-order valence-corrected chi connectivity index (χ1v) is 6.73. The Balaban J connectivity index is 1.77. The van der Waals surface area contributed by atoms with Crippen LogP contribution in [-0.2, 0) is 18.8 Å². The van der Waals surface area contributed by atoms with Gasteiger partial charge in [-0.1, -0.05) is 5.16 Å². The average Bonchev–Trinajstić information content (AvgIpc) is 2.89. The van der Waals surface area contributed by atoms with Crippen LogP contribution < -0.4 is 5.32 Å². The van der Waals surface area contributed by atoms with Crippen LogP contribution in [0.5, 0.6) is 0 Å². The van der Waals surface area contributed by atoms with Gasteiger partial charge in [-0.15, -0.1) is 0 Å². The van der Waals surface area contributed by atoms with Gasteiger partial charge in [0.2, 0.25) is 5.89 Å². The number of aromatic nitrogens is 2. The molecule has 0 aliphatic carbocycles. The third-order valence-corrected chi connectivity index (χ3v) is 2.73. The van der Waals surface area contributed by atoms with Gasteiger partial charge in [0.05, 0.1) is 18.8 Å². The number of thioether (sulfide) groups is 1. The maximum atomic E-state index is 5.62. The molecule has 0 atom stereocenters. The summed E-state index contributed by atoms with van der Waals surface area (Å²) in [6.45, 7) is 3.02. The van der Waals surface area contributed by atoms with Crippen LogP contribution in [0.25, 0.3) is 0 Å². The second kappa shape index (κ2) is 5.88. The molecule has 0 amide bonds. The predicted octanol–water partition coefficient (Wildman–Crippen LogP) is 2.12. The first-order valence-electron chi connectivity index (χ1n) is 5.34. The Morgan fingerprint density at radius 2 is 2.12 bits per heavy atom. The molecule has 92 valence electrons. The molecule has 0 spiro atoms. The summed E-state index contributed by atoms with van der Waals surface area (Å²) in [6, 6.07) is 3.99. The SMILES string of the molecule is CSCc1ccc(CNCc2noc(C)n2)o1. The van der Waals surface area contributed by atoms with Crippen LogP contribution in [0.4, 0.5) is 0 Å². The van der Waals surface area contributed by atoms with Crippen LogP contribution in [0.2, 0.25) is 0 Å². The molecular weight excluding hydrogens is 238 g/mol. The van der Waals surface area contributed by atoms with E-state index in [1.54, 1.807) is 18.7 Å². The van der Waals surface area contributed by atoms with Crippen molar-refractivity contribution in [3.63, 3.8) is 0 Å². The number of hydrogen-bond acceptors (Lipinski definition) is 6. The van der Waals surface area contributed by atoms with Gasteiger partial charge >= 0.3 is 0 Å². The van der Waals surface area contributed by atoms with Crippen LogP contribution >= 0.6 is 11.8 Å². The molecule has 2 rings (SSSR count). The lowest BCUT2D eigenvalue weighted by Gasteiger charge is -1.98. The molecule has 0 saturated heterocycles. The van der Waals surface area contributed by atoms with Gasteiger partial charge < -0.3 is 14.3 Å². The van der Waals surface area contributed by atoms with Crippen molar-refractivity contribution < 1.29 is 8.94 Å². The fourth-order valence-corrected chi connectivity index (χ4v) is 1.89. The first-order chi connectivity index (χ1) is 8.28. The number of hydrogen-bond donors (Lipinski definition) is 1. The van der Waals surface area contributed by atoms with Gasteiger partial charge in [0.15, 0.2) is 5.82 Å². The molecule has 0 aliphatic heterocycles. The van der Waals surface area contributed by atoms with E-state index in [-0.39, 0.29) is 0 Å². The first kappa shape index (κ1) is 12.2. The van der Waals surface area contributed by atoms with Crippen molar-refractivity contribution in [3.05, 3.63) is 35.4 Å². The molecular formula is C11H15N3O2S. The minimum Gasteiger partial charge on any atom is -0.464 e. The highest BCUT2D eigenvalue weighted by molar-refractivity contribution is 7.97. The molecule has 0 saturated carbocycles. The summed E-state index contributed by atoms with van der Waals surface area (Å²) in [7, 11) is 0. The van der Waals surface area contributed by atoms with Crippen molar-refractivity contribution in [1.29, 1.82) is 0 Å². The minimum atomic E-state index is 0.579. The third-order valence-electron chi connectivity index (χ3n) is 2.16. The highest BCUT2D eigenvalue weighted by Gasteiger charge is 2.04. The molecule has 1 N–H and O–H groups in total. The molecule has 0 fully saturated rings. The van der Waals surface area contributed by atoms with E-state index in [1.807, 2.05) is 12.1 Å². The summed E-state index contributed by atoms with van der Waals surface area (Å²) in [4.78, 5) is 4.10. The molecule has 2 heterocycles. The van der Waals surface area contributed by atoms with E-state index in [2.05, 4.69) is 21.7 Å². The number of aryl methyl sites for hydroxylation is 1. The second-order valence-electron chi connectivity index (χ2n) is 3.63. The van der Waals surface area contributed by atoms with Gasteiger partial charge in [-0.05, 0) is 18.4 Å². The van der Waals surface area contributed by atoms with Crippen LogP contribution in [0.1, 0.15) is 23.2 Å². The summed E-state index contributed by atoms with van der Waals surface area (Å²) in [5.74, 6) is 4.09.